The average molecular weight is 374 g/mol. The molecule has 0 bridgehead atoms. The van der Waals surface area contributed by atoms with Gasteiger partial charge in [-0.15, -0.1) is 0 Å². The number of nitrogens with one attached hydrogen (secondary N) is 2. The molecule has 8 nitrogen and oxygen atoms in total. The van der Waals surface area contributed by atoms with Crippen LogP contribution in [0.5, 0.6) is 0 Å². The Hall–Kier alpha value is -3.68. The first-order valence-corrected chi connectivity index (χ1v) is 8.81. The zero-order valence-electron chi connectivity index (χ0n) is 16.3. The fourth-order valence-corrected chi connectivity index (χ4v) is 2.60. The molecule has 0 aliphatic rings. The maximum atomic E-state index is 4.29. The van der Waals surface area contributed by atoms with Crippen molar-refractivity contribution >= 4 is 24.3 Å². The van der Waals surface area contributed by atoms with Gasteiger partial charge in [0.05, 0.1) is 12.4 Å². The number of benzene rings is 1. The summed E-state index contributed by atoms with van der Waals surface area (Å²) in [5.41, 5.74) is 11.1. The molecule has 0 saturated heterocycles. The molecule has 8 heteroatoms. The molecule has 0 aliphatic heterocycles. The molecule has 0 fully saturated rings. The molecule has 3 aromatic rings. The second-order valence-electron chi connectivity index (χ2n) is 6.36. The molecule has 28 heavy (non-hydrogen) atoms. The number of nitrogens with zero attached hydrogens (tertiary/aromatic N) is 6. The largest absolute Gasteiger partial charge is 0.245 e. The minimum atomic E-state index is 0.476. The lowest BCUT2D eigenvalue weighted by Crippen LogP contribution is -2.00. The topological polar surface area (TPSA) is 100 Å². The maximum absolute atomic E-state index is 4.29. The van der Waals surface area contributed by atoms with Gasteiger partial charge in [-0.25, -0.2) is 30.8 Å². The number of hydrazone groups is 2. The lowest BCUT2D eigenvalue weighted by molar-refractivity contribution is 1.03. The van der Waals surface area contributed by atoms with E-state index in [2.05, 4.69) is 41.0 Å². The number of anilines is 2. The number of hydrogen-bond donors (Lipinski definition) is 2. The summed E-state index contributed by atoms with van der Waals surface area (Å²) >= 11 is 0. The van der Waals surface area contributed by atoms with E-state index in [0.717, 1.165) is 33.9 Å². The van der Waals surface area contributed by atoms with Crippen molar-refractivity contribution in [2.45, 2.75) is 27.7 Å². The quantitative estimate of drug-likeness (QED) is 0.507. The van der Waals surface area contributed by atoms with Gasteiger partial charge in [0.2, 0.25) is 11.9 Å². The van der Waals surface area contributed by atoms with Crippen molar-refractivity contribution in [1.82, 2.24) is 19.9 Å². The molecule has 0 aliphatic carbocycles. The highest BCUT2D eigenvalue weighted by atomic mass is 15.4. The third-order valence-electron chi connectivity index (χ3n) is 3.63. The van der Waals surface area contributed by atoms with Gasteiger partial charge in [0.15, 0.2) is 0 Å². The van der Waals surface area contributed by atoms with Crippen molar-refractivity contribution in [3.8, 4) is 0 Å². The predicted octanol–water partition coefficient (Wildman–Crippen LogP) is 3.39. The lowest BCUT2D eigenvalue weighted by Gasteiger charge is -2.02. The minimum absolute atomic E-state index is 0.476. The summed E-state index contributed by atoms with van der Waals surface area (Å²) in [7, 11) is 0. The van der Waals surface area contributed by atoms with Gasteiger partial charge in [0.1, 0.15) is 0 Å². The van der Waals surface area contributed by atoms with Crippen molar-refractivity contribution in [1.29, 1.82) is 0 Å². The molecule has 0 spiro atoms. The van der Waals surface area contributed by atoms with Crippen molar-refractivity contribution in [3.63, 3.8) is 0 Å². The van der Waals surface area contributed by atoms with Crippen LogP contribution >= 0.6 is 0 Å². The normalized spacial score (nSPS) is 11.3. The third kappa shape index (κ3) is 5.66. The molecule has 142 valence electrons. The smallest absolute Gasteiger partial charge is 0.243 e. The fourth-order valence-electron chi connectivity index (χ4n) is 2.60. The second-order valence-corrected chi connectivity index (χ2v) is 6.36. The Labute approximate surface area is 163 Å². The molecule has 0 radical (unpaired) electrons. The van der Waals surface area contributed by atoms with Gasteiger partial charge in [-0.2, -0.15) is 10.2 Å². The summed E-state index contributed by atoms with van der Waals surface area (Å²) < 4.78 is 0. The van der Waals surface area contributed by atoms with Gasteiger partial charge >= 0.3 is 0 Å². The molecule has 0 saturated carbocycles. The third-order valence-corrected chi connectivity index (χ3v) is 3.63. The first-order valence-electron chi connectivity index (χ1n) is 8.81. The van der Waals surface area contributed by atoms with Crippen LogP contribution in [0.15, 0.2) is 46.6 Å². The summed E-state index contributed by atoms with van der Waals surface area (Å²) in [5.74, 6) is 0.952. The maximum Gasteiger partial charge on any atom is 0.243 e. The van der Waals surface area contributed by atoms with Crippen LogP contribution in [0.4, 0.5) is 11.9 Å². The number of aromatic nitrogens is 4. The average Bonchev–Trinajstić information content (AvgIpc) is 2.60. The van der Waals surface area contributed by atoms with E-state index in [1.165, 1.54) is 0 Å². The highest BCUT2D eigenvalue weighted by Crippen LogP contribution is 2.06. The van der Waals surface area contributed by atoms with Crippen molar-refractivity contribution < 1.29 is 0 Å². The van der Waals surface area contributed by atoms with Crippen molar-refractivity contribution in [3.05, 3.63) is 70.3 Å². The van der Waals surface area contributed by atoms with E-state index < -0.39 is 0 Å². The number of hydrogen-bond acceptors (Lipinski definition) is 8. The molecule has 3 rings (SSSR count). The van der Waals surface area contributed by atoms with Crippen LogP contribution in [-0.4, -0.2) is 32.4 Å². The van der Waals surface area contributed by atoms with Gasteiger partial charge < -0.3 is 0 Å². The summed E-state index contributed by atoms with van der Waals surface area (Å²) in [6, 6.07) is 11.6. The van der Waals surface area contributed by atoms with Crippen LogP contribution in [0.3, 0.4) is 0 Å². The van der Waals surface area contributed by atoms with Gasteiger partial charge in [0, 0.05) is 22.8 Å². The molecule has 2 aromatic heterocycles. The first kappa shape index (κ1) is 19.1. The van der Waals surface area contributed by atoms with E-state index in [0.29, 0.717) is 11.9 Å². The summed E-state index contributed by atoms with van der Waals surface area (Å²) in [4.78, 5) is 17.1. The molecular weight excluding hydrogens is 352 g/mol. The van der Waals surface area contributed by atoms with E-state index in [4.69, 9.17) is 0 Å². The van der Waals surface area contributed by atoms with Gasteiger partial charge in [-0.1, -0.05) is 18.2 Å². The SMILES string of the molecule is Cc1cc(C)nc(N/N=C\c2cccc(/C=N\Nc3nc(C)cc(C)n3)c2)n1. The molecule has 0 atom stereocenters. The molecule has 0 unspecified atom stereocenters. The minimum Gasteiger partial charge on any atom is -0.245 e. The van der Waals surface area contributed by atoms with E-state index >= 15 is 0 Å². The zero-order chi connectivity index (χ0) is 19.9. The molecule has 1 aromatic carbocycles. The van der Waals surface area contributed by atoms with E-state index in [-0.39, 0.29) is 0 Å². The number of rotatable bonds is 6. The molecule has 2 N–H and O–H groups in total. The van der Waals surface area contributed by atoms with Crippen LogP contribution in [0.25, 0.3) is 0 Å². The Kier molecular flexibility index (Phi) is 6.01. The zero-order valence-corrected chi connectivity index (χ0v) is 16.3. The van der Waals surface area contributed by atoms with Gasteiger partial charge in [-0.3, -0.25) is 0 Å². The summed E-state index contributed by atoms with van der Waals surface area (Å²) in [5, 5.41) is 8.40. The highest BCUT2D eigenvalue weighted by Gasteiger charge is 1.98. The summed E-state index contributed by atoms with van der Waals surface area (Å²) in [6.45, 7) is 7.68. The van der Waals surface area contributed by atoms with Crippen molar-refractivity contribution in [2.24, 2.45) is 10.2 Å². The first-order chi connectivity index (χ1) is 13.5. The van der Waals surface area contributed by atoms with Gasteiger partial charge in [-0.05, 0) is 57.0 Å². The standard InChI is InChI=1S/C20H22N8/c1-13-8-14(2)24-19(23-13)27-21-11-17-6-5-7-18(10-17)12-22-28-20-25-15(3)9-16(4)26-20/h5-12H,1-4H3,(H,23,24,27)(H,25,26,28)/b21-11-,22-12-. The molecule has 0 amide bonds. The molecular formula is C20H22N8. The predicted molar refractivity (Wildman–Crippen MR) is 112 cm³/mol. The van der Waals surface area contributed by atoms with E-state index in [9.17, 15) is 0 Å². The van der Waals surface area contributed by atoms with Crippen LogP contribution in [0.1, 0.15) is 33.9 Å². The van der Waals surface area contributed by atoms with Crippen LogP contribution in [-0.2, 0) is 0 Å². The van der Waals surface area contributed by atoms with Crippen LogP contribution in [0.2, 0.25) is 0 Å². The van der Waals surface area contributed by atoms with Crippen LogP contribution in [0, 0.1) is 27.7 Å². The van der Waals surface area contributed by atoms with E-state index in [1.807, 2.05) is 64.1 Å². The molecule has 2 heterocycles. The highest BCUT2D eigenvalue weighted by molar-refractivity contribution is 5.86. The Morgan fingerprint density at radius 2 is 1.04 bits per heavy atom. The Balaban J connectivity index is 1.63. The Morgan fingerprint density at radius 1 is 0.643 bits per heavy atom. The Bertz CT molecular complexity index is 907. The van der Waals surface area contributed by atoms with Crippen LogP contribution < -0.4 is 10.9 Å². The monoisotopic (exact) mass is 374 g/mol. The van der Waals surface area contributed by atoms with Crippen molar-refractivity contribution in [2.75, 3.05) is 10.9 Å². The summed E-state index contributed by atoms with van der Waals surface area (Å²) in [6.07, 6.45) is 3.41. The van der Waals surface area contributed by atoms with E-state index in [1.54, 1.807) is 12.4 Å². The Morgan fingerprint density at radius 3 is 1.43 bits per heavy atom. The van der Waals surface area contributed by atoms with Gasteiger partial charge in [0.25, 0.3) is 0 Å². The fraction of sp³-hybridized carbons (Fsp3) is 0.200. The second kappa shape index (κ2) is 8.81. The number of aryl methyl sites for hydroxylation is 4. The lowest BCUT2D eigenvalue weighted by atomic mass is 10.1.